The number of benzene rings is 1. The van der Waals surface area contributed by atoms with E-state index < -0.39 is 0 Å². The third-order valence-corrected chi connectivity index (χ3v) is 3.37. The van der Waals surface area contributed by atoms with Crippen molar-refractivity contribution in [3.63, 3.8) is 0 Å². The monoisotopic (exact) mass is 231 g/mol. The Hall–Kier alpha value is -1.68. The molecule has 1 aliphatic rings. The van der Waals surface area contributed by atoms with Gasteiger partial charge in [-0.25, -0.2) is 4.39 Å². The number of halogens is 1. The summed E-state index contributed by atoms with van der Waals surface area (Å²) >= 11 is 0. The van der Waals surface area contributed by atoms with Gasteiger partial charge in [0.05, 0.1) is 11.2 Å². The van der Waals surface area contributed by atoms with E-state index in [9.17, 15) is 4.39 Å². The molecule has 3 rings (SSSR count). The number of hydrogen-bond donors (Lipinski definition) is 2. The van der Waals surface area contributed by atoms with Crippen LogP contribution in [0.15, 0.2) is 18.2 Å². The van der Waals surface area contributed by atoms with Crippen LogP contribution in [0.3, 0.4) is 0 Å². The maximum absolute atomic E-state index is 13.2. The fourth-order valence-electron chi connectivity index (χ4n) is 2.56. The van der Waals surface area contributed by atoms with Crippen LogP contribution < -0.4 is 11.3 Å². The van der Waals surface area contributed by atoms with Gasteiger partial charge in [0.1, 0.15) is 5.82 Å². The lowest BCUT2D eigenvalue weighted by Crippen LogP contribution is -2.15. The summed E-state index contributed by atoms with van der Waals surface area (Å²) < 4.78 is 13.2. The molecule has 0 spiro atoms. The Kier molecular flexibility index (Phi) is 2.44. The van der Waals surface area contributed by atoms with Crippen LogP contribution >= 0.6 is 0 Å². The van der Waals surface area contributed by atoms with E-state index in [1.807, 2.05) is 0 Å². The van der Waals surface area contributed by atoms with Crippen LogP contribution in [0.4, 0.5) is 10.1 Å². The molecular weight excluding hydrogens is 217 g/mol. The van der Waals surface area contributed by atoms with Gasteiger partial charge in [0, 0.05) is 17.1 Å². The molecule has 17 heavy (non-hydrogen) atoms. The van der Waals surface area contributed by atoms with Gasteiger partial charge in [-0.1, -0.05) is 0 Å². The Morgan fingerprint density at radius 2 is 2.06 bits per heavy atom. The van der Waals surface area contributed by atoms with Crippen LogP contribution in [0.5, 0.6) is 0 Å². The van der Waals surface area contributed by atoms with Gasteiger partial charge >= 0.3 is 0 Å². The summed E-state index contributed by atoms with van der Waals surface area (Å²) in [5.74, 6) is 5.35. The highest BCUT2D eigenvalue weighted by Gasteiger charge is 2.17. The molecule has 0 unspecified atom stereocenters. The highest BCUT2D eigenvalue weighted by atomic mass is 19.1. The Morgan fingerprint density at radius 3 is 2.88 bits per heavy atom. The minimum Gasteiger partial charge on any atom is -0.323 e. The van der Waals surface area contributed by atoms with Gasteiger partial charge in [-0.15, -0.1) is 0 Å². The molecule has 0 radical (unpaired) electrons. The van der Waals surface area contributed by atoms with E-state index in [0.717, 1.165) is 42.5 Å². The molecular formula is C13H14FN3. The zero-order valence-corrected chi connectivity index (χ0v) is 9.46. The molecule has 3 N–H and O–H groups in total. The molecule has 0 saturated heterocycles. The van der Waals surface area contributed by atoms with Crippen LogP contribution in [0.2, 0.25) is 0 Å². The predicted molar refractivity (Wildman–Crippen MR) is 66.2 cm³/mol. The van der Waals surface area contributed by atoms with Crippen LogP contribution in [0.25, 0.3) is 10.9 Å². The van der Waals surface area contributed by atoms with Crippen LogP contribution in [0, 0.1) is 5.82 Å². The number of nitrogens with two attached hydrogens (primary N) is 1. The zero-order chi connectivity index (χ0) is 11.8. The third kappa shape index (κ3) is 1.65. The molecule has 0 fully saturated rings. The zero-order valence-electron chi connectivity index (χ0n) is 9.46. The minimum absolute atomic E-state index is 0.260. The first-order valence-electron chi connectivity index (χ1n) is 5.87. The second-order valence-corrected chi connectivity index (χ2v) is 4.42. The summed E-state index contributed by atoms with van der Waals surface area (Å²) in [6.07, 6.45) is 4.26. The molecule has 3 nitrogen and oxygen atoms in total. The van der Waals surface area contributed by atoms with Gasteiger partial charge < -0.3 is 5.43 Å². The van der Waals surface area contributed by atoms with Gasteiger partial charge in [-0.3, -0.25) is 10.8 Å². The first-order chi connectivity index (χ1) is 8.29. The van der Waals surface area contributed by atoms with Crippen LogP contribution in [-0.4, -0.2) is 4.98 Å². The quantitative estimate of drug-likeness (QED) is 0.585. The first kappa shape index (κ1) is 10.5. The van der Waals surface area contributed by atoms with E-state index in [-0.39, 0.29) is 5.82 Å². The smallest absolute Gasteiger partial charge is 0.125 e. The number of hydrogen-bond acceptors (Lipinski definition) is 3. The highest BCUT2D eigenvalue weighted by molar-refractivity contribution is 5.93. The lowest BCUT2D eigenvalue weighted by molar-refractivity contribution is 0.629. The Balaban J connectivity index is 2.34. The summed E-state index contributed by atoms with van der Waals surface area (Å²) in [7, 11) is 0. The molecule has 0 saturated carbocycles. The number of pyridine rings is 1. The normalized spacial score (nSPS) is 14.7. The van der Waals surface area contributed by atoms with Crippen molar-refractivity contribution in [3.8, 4) is 0 Å². The van der Waals surface area contributed by atoms with Crippen molar-refractivity contribution in [2.75, 3.05) is 5.43 Å². The van der Waals surface area contributed by atoms with Gasteiger partial charge in [-0.2, -0.15) is 0 Å². The van der Waals surface area contributed by atoms with Crippen molar-refractivity contribution in [3.05, 3.63) is 35.3 Å². The maximum atomic E-state index is 13.2. The molecule has 1 aliphatic carbocycles. The summed E-state index contributed by atoms with van der Waals surface area (Å²) in [5, 5.41) is 0.898. The van der Waals surface area contributed by atoms with Gasteiger partial charge in [0.25, 0.3) is 0 Å². The topological polar surface area (TPSA) is 50.9 Å². The molecule has 0 amide bonds. The van der Waals surface area contributed by atoms with E-state index in [4.69, 9.17) is 5.84 Å². The number of aryl methyl sites for hydroxylation is 1. The molecule has 1 aromatic carbocycles. The lowest BCUT2D eigenvalue weighted by atomic mass is 9.93. The standard InChI is InChI=1S/C13H14FN3/c14-8-5-6-10-12(7-8)16-11-4-2-1-3-9(11)13(10)17-15/h5-7H,1-4,15H2,(H,16,17). The third-order valence-electron chi connectivity index (χ3n) is 3.37. The van der Waals surface area contributed by atoms with E-state index in [2.05, 4.69) is 10.4 Å². The van der Waals surface area contributed by atoms with Gasteiger partial charge in [0.15, 0.2) is 0 Å². The second kappa shape index (κ2) is 3.96. The average molecular weight is 231 g/mol. The number of nitrogens with one attached hydrogen (secondary N) is 1. The van der Waals surface area contributed by atoms with E-state index in [1.54, 1.807) is 6.07 Å². The number of fused-ring (bicyclic) bond motifs is 2. The van der Waals surface area contributed by atoms with Gasteiger partial charge in [0.2, 0.25) is 0 Å². The van der Waals surface area contributed by atoms with E-state index in [0.29, 0.717) is 5.52 Å². The SMILES string of the molecule is NNc1c2c(nc3cc(F)ccc13)CCCC2. The van der Waals surface area contributed by atoms with E-state index in [1.165, 1.54) is 17.7 Å². The fourth-order valence-corrected chi connectivity index (χ4v) is 2.56. The number of nitrogen functional groups attached to an aromatic ring is 1. The van der Waals surface area contributed by atoms with Gasteiger partial charge in [-0.05, 0) is 43.4 Å². The molecule has 0 bridgehead atoms. The fraction of sp³-hybridized carbons (Fsp3) is 0.308. The van der Waals surface area contributed by atoms with Crippen LogP contribution in [-0.2, 0) is 12.8 Å². The summed E-state index contributed by atoms with van der Waals surface area (Å²) in [6, 6.07) is 4.65. The number of anilines is 1. The largest absolute Gasteiger partial charge is 0.323 e. The summed E-state index contributed by atoms with van der Waals surface area (Å²) in [4.78, 5) is 4.55. The lowest BCUT2D eigenvalue weighted by Gasteiger charge is -2.20. The summed E-state index contributed by atoms with van der Waals surface area (Å²) in [6.45, 7) is 0. The number of nitrogens with zero attached hydrogens (tertiary/aromatic N) is 1. The Morgan fingerprint density at radius 1 is 1.24 bits per heavy atom. The Labute approximate surface area is 98.8 Å². The molecule has 1 aromatic heterocycles. The number of aromatic nitrogens is 1. The van der Waals surface area contributed by atoms with Crippen molar-refractivity contribution in [1.82, 2.24) is 4.98 Å². The van der Waals surface area contributed by atoms with Crippen molar-refractivity contribution in [2.45, 2.75) is 25.7 Å². The summed E-state index contributed by atoms with van der Waals surface area (Å²) in [5.41, 5.74) is 6.59. The molecule has 0 atom stereocenters. The average Bonchev–Trinajstić information content (AvgIpc) is 2.35. The second-order valence-electron chi connectivity index (χ2n) is 4.42. The highest BCUT2D eigenvalue weighted by Crippen LogP contribution is 2.32. The van der Waals surface area contributed by atoms with E-state index >= 15 is 0 Å². The maximum Gasteiger partial charge on any atom is 0.125 e. The molecule has 1 heterocycles. The molecule has 88 valence electrons. The predicted octanol–water partition coefficient (Wildman–Crippen LogP) is 2.54. The first-order valence-corrected chi connectivity index (χ1v) is 5.87. The molecule has 4 heteroatoms. The van der Waals surface area contributed by atoms with Crippen LogP contribution in [0.1, 0.15) is 24.1 Å². The van der Waals surface area contributed by atoms with Crippen molar-refractivity contribution in [2.24, 2.45) is 5.84 Å². The molecule has 0 aliphatic heterocycles. The Bertz CT molecular complexity index is 580. The minimum atomic E-state index is -0.260. The number of hydrazine groups is 1. The molecule has 2 aromatic rings. The van der Waals surface area contributed by atoms with Crippen molar-refractivity contribution in [1.29, 1.82) is 0 Å². The number of rotatable bonds is 1. The van der Waals surface area contributed by atoms with Crippen molar-refractivity contribution >= 4 is 16.6 Å². The van der Waals surface area contributed by atoms with Crippen molar-refractivity contribution < 1.29 is 4.39 Å².